The second-order valence-electron chi connectivity index (χ2n) is 4.53. The molecule has 0 bridgehead atoms. The van der Waals surface area contributed by atoms with Crippen molar-refractivity contribution in [3.63, 3.8) is 0 Å². The van der Waals surface area contributed by atoms with Gasteiger partial charge in [-0.25, -0.2) is 4.98 Å². The van der Waals surface area contributed by atoms with Crippen molar-refractivity contribution in [3.05, 3.63) is 11.1 Å². The Labute approximate surface area is 115 Å². The van der Waals surface area contributed by atoms with Crippen LogP contribution in [-0.2, 0) is 11.3 Å². The van der Waals surface area contributed by atoms with Crippen LogP contribution in [-0.4, -0.2) is 18.1 Å². The van der Waals surface area contributed by atoms with E-state index in [0.717, 1.165) is 24.7 Å². The monoisotopic (exact) mass is 270 g/mol. The summed E-state index contributed by atoms with van der Waals surface area (Å²) in [4.78, 5) is 5.53. The molecule has 1 aromatic heterocycles. The minimum Gasteiger partial charge on any atom is -0.376 e. The van der Waals surface area contributed by atoms with E-state index < -0.39 is 0 Å². The summed E-state index contributed by atoms with van der Waals surface area (Å²) in [5, 5.41) is 4.30. The van der Waals surface area contributed by atoms with Crippen LogP contribution in [0.2, 0.25) is 0 Å². The molecule has 0 saturated carbocycles. The van der Waals surface area contributed by atoms with E-state index in [9.17, 15) is 0 Å². The number of aromatic nitrogens is 1. The van der Waals surface area contributed by atoms with Crippen LogP contribution >= 0.6 is 11.3 Å². The first-order chi connectivity index (χ1) is 8.86. The fourth-order valence-corrected chi connectivity index (χ4v) is 2.44. The number of rotatable bonds is 11. The van der Waals surface area contributed by atoms with Crippen LogP contribution in [0.25, 0.3) is 0 Å². The molecule has 0 aromatic carbocycles. The average Bonchev–Trinajstić information content (AvgIpc) is 2.83. The number of ether oxygens (including phenoxy) is 1. The predicted molar refractivity (Wildman–Crippen MR) is 79.3 cm³/mol. The predicted octanol–water partition coefficient (Wildman–Crippen LogP) is 4.45. The van der Waals surface area contributed by atoms with Gasteiger partial charge in [-0.2, -0.15) is 0 Å². The first-order valence-corrected chi connectivity index (χ1v) is 7.94. The lowest BCUT2D eigenvalue weighted by Crippen LogP contribution is -1.97. The lowest BCUT2D eigenvalue weighted by molar-refractivity contribution is 0.118. The number of anilines is 1. The third kappa shape index (κ3) is 6.97. The van der Waals surface area contributed by atoms with E-state index in [-0.39, 0.29) is 0 Å². The lowest BCUT2D eigenvalue weighted by Gasteiger charge is -2.02. The molecule has 0 spiro atoms. The zero-order chi connectivity index (χ0) is 13.1. The molecule has 0 atom stereocenters. The second-order valence-corrected chi connectivity index (χ2v) is 5.64. The SMILES string of the molecule is CCCCCCCOCc1cnc(NCCC)s1. The van der Waals surface area contributed by atoms with Gasteiger partial charge in [-0.3, -0.25) is 0 Å². The molecule has 0 aliphatic rings. The average molecular weight is 270 g/mol. The van der Waals surface area contributed by atoms with Gasteiger partial charge in [-0.05, 0) is 12.8 Å². The zero-order valence-electron chi connectivity index (χ0n) is 11.7. The van der Waals surface area contributed by atoms with Gasteiger partial charge in [0.15, 0.2) is 5.13 Å². The molecule has 104 valence electrons. The van der Waals surface area contributed by atoms with Crippen molar-refractivity contribution in [1.29, 1.82) is 0 Å². The van der Waals surface area contributed by atoms with Crippen LogP contribution in [0.5, 0.6) is 0 Å². The Bertz CT molecular complexity index is 302. The van der Waals surface area contributed by atoms with Gasteiger partial charge in [-0.15, -0.1) is 0 Å². The van der Waals surface area contributed by atoms with Crippen molar-refractivity contribution in [2.75, 3.05) is 18.5 Å². The van der Waals surface area contributed by atoms with Gasteiger partial charge in [0.05, 0.1) is 11.5 Å². The summed E-state index contributed by atoms with van der Waals surface area (Å²) in [6.07, 6.45) is 9.50. The smallest absolute Gasteiger partial charge is 0.182 e. The highest BCUT2D eigenvalue weighted by atomic mass is 32.1. The minimum absolute atomic E-state index is 0.708. The van der Waals surface area contributed by atoms with Gasteiger partial charge < -0.3 is 10.1 Å². The largest absolute Gasteiger partial charge is 0.376 e. The number of thiazole rings is 1. The van der Waals surface area contributed by atoms with Crippen LogP contribution in [0, 0.1) is 0 Å². The summed E-state index contributed by atoms with van der Waals surface area (Å²) in [5.41, 5.74) is 0. The van der Waals surface area contributed by atoms with Gasteiger partial charge >= 0.3 is 0 Å². The molecular weight excluding hydrogens is 244 g/mol. The van der Waals surface area contributed by atoms with E-state index in [0.29, 0.717) is 6.61 Å². The van der Waals surface area contributed by atoms with Gasteiger partial charge in [0.1, 0.15) is 0 Å². The molecule has 1 rings (SSSR count). The van der Waals surface area contributed by atoms with E-state index in [1.54, 1.807) is 11.3 Å². The first kappa shape index (κ1) is 15.4. The highest BCUT2D eigenvalue weighted by Crippen LogP contribution is 2.18. The third-order valence-electron chi connectivity index (χ3n) is 2.72. The molecule has 0 aliphatic heterocycles. The molecule has 1 N–H and O–H groups in total. The fourth-order valence-electron chi connectivity index (χ4n) is 1.67. The molecule has 0 aliphatic carbocycles. The maximum atomic E-state index is 5.66. The Kier molecular flexibility index (Phi) is 8.86. The van der Waals surface area contributed by atoms with Gasteiger partial charge in [0.2, 0.25) is 0 Å². The van der Waals surface area contributed by atoms with E-state index in [4.69, 9.17) is 4.74 Å². The van der Waals surface area contributed by atoms with E-state index in [1.165, 1.54) is 37.0 Å². The standard InChI is InChI=1S/C14H26N2OS/c1-3-5-6-7-8-10-17-12-13-11-16-14(18-13)15-9-4-2/h11H,3-10,12H2,1-2H3,(H,15,16). The first-order valence-electron chi connectivity index (χ1n) is 7.13. The molecule has 4 heteroatoms. The summed E-state index contributed by atoms with van der Waals surface area (Å²) in [6, 6.07) is 0. The molecule has 0 saturated heterocycles. The Morgan fingerprint density at radius 3 is 2.78 bits per heavy atom. The molecule has 0 radical (unpaired) electrons. The summed E-state index contributed by atoms with van der Waals surface area (Å²) in [7, 11) is 0. The normalized spacial score (nSPS) is 10.8. The van der Waals surface area contributed by atoms with Crippen molar-refractivity contribution in [3.8, 4) is 0 Å². The number of unbranched alkanes of at least 4 members (excludes halogenated alkanes) is 4. The number of hydrogen-bond donors (Lipinski definition) is 1. The Morgan fingerprint density at radius 1 is 1.17 bits per heavy atom. The van der Waals surface area contributed by atoms with Crippen LogP contribution < -0.4 is 5.32 Å². The number of hydrogen-bond acceptors (Lipinski definition) is 4. The summed E-state index contributed by atoms with van der Waals surface area (Å²) < 4.78 is 5.66. The molecule has 3 nitrogen and oxygen atoms in total. The molecule has 0 fully saturated rings. The van der Waals surface area contributed by atoms with Crippen molar-refractivity contribution in [2.45, 2.75) is 59.0 Å². The molecule has 0 unspecified atom stereocenters. The van der Waals surface area contributed by atoms with Crippen LogP contribution in [0.4, 0.5) is 5.13 Å². The van der Waals surface area contributed by atoms with Crippen LogP contribution in [0.1, 0.15) is 57.2 Å². The van der Waals surface area contributed by atoms with Crippen molar-refractivity contribution in [2.24, 2.45) is 0 Å². The Balaban J connectivity index is 2.03. The Morgan fingerprint density at radius 2 is 2.00 bits per heavy atom. The van der Waals surface area contributed by atoms with Gasteiger partial charge in [0.25, 0.3) is 0 Å². The number of nitrogens with zero attached hydrogens (tertiary/aromatic N) is 1. The Hall–Kier alpha value is -0.610. The van der Waals surface area contributed by atoms with Crippen molar-refractivity contribution < 1.29 is 4.74 Å². The van der Waals surface area contributed by atoms with E-state index in [1.807, 2.05) is 6.20 Å². The van der Waals surface area contributed by atoms with Crippen molar-refractivity contribution in [1.82, 2.24) is 4.98 Å². The minimum atomic E-state index is 0.708. The summed E-state index contributed by atoms with van der Waals surface area (Å²) in [5.74, 6) is 0. The maximum absolute atomic E-state index is 5.66. The zero-order valence-corrected chi connectivity index (χ0v) is 12.5. The van der Waals surface area contributed by atoms with E-state index in [2.05, 4.69) is 24.1 Å². The molecule has 18 heavy (non-hydrogen) atoms. The highest BCUT2D eigenvalue weighted by Gasteiger charge is 2.01. The van der Waals surface area contributed by atoms with Crippen molar-refractivity contribution >= 4 is 16.5 Å². The van der Waals surface area contributed by atoms with Crippen LogP contribution in [0.15, 0.2) is 6.20 Å². The second kappa shape index (κ2) is 10.3. The lowest BCUT2D eigenvalue weighted by atomic mass is 10.2. The van der Waals surface area contributed by atoms with Gasteiger partial charge in [-0.1, -0.05) is 50.9 Å². The molecule has 1 heterocycles. The topological polar surface area (TPSA) is 34.1 Å². The highest BCUT2D eigenvalue weighted by molar-refractivity contribution is 7.15. The molecule has 0 amide bonds. The van der Waals surface area contributed by atoms with Gasteiger partial charge in [0, 0.05) is 19.3 Å². The van der Waals surface area contributed by atoms with E-state index >= 15 is 0 Å². The molecule has 1 aromatic rings. The van der Waals surface area contributed by atoms with Crippen LogP contribution in [0.3, 0.4) is 0 Å². The summed E-state index contributed by atoms with van der Waals surface area (Å²) in [6.45, 7) is 6.97. The quantitative estimate of drug-likeness (QED) is 0.603. The summed E-state index contributed by atoms with van der Waals surface area (Å²) >= 11 is 1.70. The number of nitrogens with one attached hydrogen (secondary N) is 1. The fraction of sp³-hybridized carbons (Fsp3) is 0.786. The maximum Gasteiger partial charge on any atom is 0.182 e. The molecular formula is C14H26N2OS. The third-order valence-corrected chi connectivity index (χ3v) is 3.64.